The lowest BCUT2D eigenvalue weighted by Gasteiger charge is -1.80. The van der Waals surface area contributed by atoms with Crippen molar-refractivity contribution in [3.8, 4) is 0 Å². The van der Waals surface area contributed by atoms with Gasteiger partial charge < -0.3 is 5.41 Å². The normalized spacial score (nSPS) is 20.2. The lowest BCUT2D eigenvalue weighted by molar-refractivity contribution is 1.42. The summed E-state index contributed by atoms with van der Waals surface area (Å²) in [6, 6.07) is 0. The lowest BCUT2D eigenvalue weighted by Crippen LogP contribution is -1.97. The van der Waals surface area contributed by atoms with E-state index in [1.54, 1.807) is 0 Å². The van der Waals surface area contributed by atoms with Gasteiger partial charge in [0, 0.05) is 6.42 Å². The molecule has 0 saturated carbocycles. The molecule has 42 valence electrons. The van der Waals surface area contributed by atoms with Crippen LogP contribution in [0.2, 0.25) is 0 Å². The predicted octanol–water partition coefficient (Wildman–Crippen LogP) is 1.10. The molecule has 1 heterocycles. The second-order valence-electron chi connectivity index (χ2n) is 1.51. The van der Waals surface area contributed by atoms with E-state index in [1.807, 2.05) is 0 Å². The molecule has 0 spiro atoms. The molecule has 0 aromatic carbocycles. The van der Waals surface area contributed by atoms with Crippen molar-refractivity contribution in [1.29, 1.82) is 16.2 Å². The Hall–Kier alpha value is -0.640. The van der Waals surface area contributed by atoms with Gasteiger partial charge in [0.1, 0.15) is 5.04 Å². The second kappa shape index (κ2) is 1.70. The topological polar surface area (TPSA) is 71.6 Å². The largest absolute Gasteiger partial charge is 0.302 e. The highest BCUT2D eigenvalue weighted by molar-refractivity contribution is 8.29. The molecule has 1 saturated heterocycles. The molecular weight excluding hydrogens is 122 g/mol. The predicted molar refractivity (Wildman–Crippen MR) is 35.4 cm³/mol. The van der Waals surface area contributed by atoms with Gasteiger partial charge in [0.05, 0.1) is 10.8 Å². The van der Waals surface area contributed by atoms with Crippen molar-refractivity contribution in [1.82, 2.24) is 0 Å². The van der Waals surface area contributed by atoms with Crippen LogP contribution in [0.25, 0.3) is 0 Å². The first-order chi connectivity index (χ1) is 3.70. The summed E-state index contributed by atoms with van der Waals surface area (Å²) in [7, 11) is 0. The van der Waals surface area contributed by atoms with Crippen LogP contribution in [0.3, 0.4) is 0 Å². The van der Waals surface area contributed by atoms with E-state index in [9.17, 15) is 0 Å². The molecule has 1 fully saturated rings. The first-order valence-corrected chi connectivity index (χ1v) is 2.93. The van der Waals surface area contributed by atoms with E-state index in [-0.39, 0.29) is 10.8 Å². The molecule has 0 amide bonds. The molecule has 0 radical (unpaired) electrons. The van der Waals surface area contributed by atoms with Crippen LogP contribution >= 0.6 is 11.8 Å². The lowest BCUT2D eigenvalue weighted by atomic mass is 10.3. The van der Waals surface area contributed by atoms with Gasteiger partial charge in [-0.1, -0.05) is 11.8 Å². The van der Waals surface area contributed by atoms with Crippen LogP contribution in [0.5, 0.6) is 0 Å². The van der Waals surface area contributed by atoms with Crippen molar-refractivity contribution in [2.75, 3.05) is 0 Å². The summed E-state index contributed by atoms with van der Waals surface area (Å²) < 4.78 is 0. The summed E-state index contributed by atoms with van der Waals surface area (Å²) in [6.45, 7) is 0. The SMILES string of the molecule is N=C1CC(=N)C(=N)S1. The highest BCUT2D eigenvalue weighted by atomic mass is 32.2. The van der Waals surface area contributed by atoms with Crippen LogP contribution in [-0.2, 0) is 0 Å². The van der Waals surface area contributed by atoms with Crippen LogP contribution in [0.1, 0.15) is 6.42 Å². The van der Waals surface area contributed by atoms with E-state index in [0.717, 1.165) is 11.8 Å². The number of hydrogen-bond donors (Lipinski definition) is 3. The summed E-state index contributed by atoms with van der Waals surface area (Å²) in [5, 5.41) is 21.6. The van der Waals surface area contributed by atoms with E-state index in [4.69, 9.17) is 16.2 Å². The van der Waals surface area contributed by atoms with Crippen LogP contribution in [-0.4, -0.2) is 15.8 Å². The number of hydrogen-bond acceptors (Lipinski definition) is 4. The molecule has 0 atom stereocenters. The minimum Gasteiger partial charge on any atom is -0.302 e. The van der Waals surface area contributed by atoms with E-state index >= 15 is 0 Å². The smallest absolute Gasteiger partial charge is 0.114 e. The zero-order valence-corrected chi connectivity index (χ0v) is 4.93. The van der Waals surface area contributed by atoms with Crippen molar-refractivity contribution in [2.45, 2.75) is 6.42 Å². The second-order valence-corrected chi connectivity index (χ2v) is 2.61. The Morgan fingerprint density at radius 2 is 1.88 bits per heavy atom. The van der Waals surface area contributed by atoms with E-state index in [1.165, 1.54) is 0 Å². The van der Waals surface area contributed by atoms with Gasteiger partial charge in [0.25, 0.3) is 0 Å². The quantitative estimate of drug-likeness (QED) is 0.448. The molecule has 3 nitrogen and oxygen atoms in total. The van der Waals surface area contributed by atoms with Gasteiger partial charge >= 0.3 is 0 Å². The molecule has 0 unspecified atom stereocenters. The maximum absolute atomic E-state index is 7.00. The van der Waals surface area contributed by atoms with Gasteiger partial charge in [-0.15, -0.1) is 0 Å². The van der Waals surface area contributed by atoms with E-state index in [2.05, 4.69) is 0 Å². The maximum atomic E-state index is 7.00. The average Bonchev–Trinajstić information content (AvgIpc) is 1.85. The maximum Gasteiger partial charge on any atom is 0.114 e. The van der Waals surface area contributed by atoms with Gasteiger partial charge in [-0.05, 0) is 0 Å². The fourth-order valence-electron chi connectivity index (χ4n) is 0.462. The Labute approximate surface area is 51.0 Å². The molecule has 1 rings (SSSR count). The summed E-state index contributed by atoms with van der Waals surface area (Å²) in [5.41, 5.74) is 0.278. The molecule has 8 heavy (non-hydrogen) atoms. The summed E-state index contributed by atoms with van der Waals surface area (Å²) in [4.78, 5) is 0. The monoisotopic (exact) mass is 127 g/mol. The molecule has 1 aliphatic heterocycles. The molecule has 0 bridgehead atoms. The van der Waals surface area contributed by atoms with Gasteiger partial charge in [0.15, 0.2) is 0 Å². The molecule has 0 aromatic rings. The van der Waals surface area contributed by atoms with Crippen molar-refractivity contribution >= 4 is 27.6 Å². The highest BCUT2D eigenvalue weighted by Crippen LogP contribution is 2.17. The Morgan fingerprint density at radius 3 is 2.00 bits per heavy atom. The Kier molecular flexibility index (Phi) is 1.17. The van der Waals surface area contributed by atoms with Crippen LogP contribution in [0.4, 0.5) is 0 Å². The summed E-state index contributed by atoms with van der Waals surface area (Å²) >= 11 is 1.07. The fourth-order valence-corrected chi connectivity index (χ4v) is 1.12. The standard InChI is InChI=1S/C4H5N3S/c5-2-1-3(6)8-4(2)7/h5-7H,1H2. The molecule has 3 N–H and O–H groups in total. The van der Waals surface area contributed by atoms with E-state index < -0.39 is 0 Å². The number of thioether (sulfide) groups is 1. The van der Waals surface area contributed by atoms with Crippen molar-refractivity contribution in [3.05, 3.63) is 0 Å². The summed E-state index contributed by atoms with van der Waals surface area (Å²) in [5.74, 6) is 0. The Morgan fingerprint density at radius 1 is 1.25 bits per heavy atom. The van der Waals surface area contributed by atoms with Gasteiger partial charge in [-0.3, -0.25) is 10.8 Å². The number of nitrogens with one attached hydrogen (secondary N) is 3. The average molecular weight is 127 g/mol. The van der Waals surface area contributed by atoms with Crippen LogP contribution < -0.4 is 0 Å². The van der Waals surface area contributed by atoms with Crippen molar-refractivity contribution < 1.29 is 0 Å². The molecule has 4 heteroatoms. The van der Waals surface area contributed by atoms with Crippen LogP contribution in [0, 0.1) is 16.2 Å². The third-order valence-corrected chi connectivity index (χ3v) is 1.68. The van der Waals surface area contributed by atoms with Crippen LogP contribution in [0.15, 0.2) is 0 Å². The molecule has 0 aromatic heterocycles. The third kappa shape index (κ3) is 0.790. The molecular formula is C4H5N3S. The van der Waals surface area contributed by atoms with Gasteiger partial charge in [-0.25, -0.2) is 0 Å². The highest BCUT2D eigenvalue weighted by Gasteiger charge is 2.18. The Bertz CT molecular complexity index is 154. The first kappa shape index (κ1) is 5.50. The summed E-state index contributed by atoms with van der Waals surface area (Å²) in [6.07, 6.45) is 0.365. The van der Waals surface area contributed by atoms with E-state index in [0.29, 0.717) is 11.5 Å². The number of rotatable bonds is 0. The Balaban J connectivity index is 2.79. The zero-order valence-electron chi connectivity index (χ0n) is 4.12. The first-order valence-electron chi connectivity index (χ1n) is 2.12. The van der Waals surface area contributed by atoms with Gasteiger partial charge in [-0.2, -0.15) is 0 Å². The van der Waals surface area contributed by atoms with Crippen molar-refractivity contribution in [3.63, 3.8) is 0 Å². The minimum atomic E-state index is 0.231. The zero-order chi connectivity index (χ0) is 6.15. The van der Waals surface area contributed by atoms with Gasteiger partial charge in [0.2, 0.25) is 0 Å². The van der Waals surface area contributed by atoms with Crippen molar-refractivity contribution in [2.24, 2.45) is 0 Å². The molecule has 0 aliphatic carbocycles. The fraction of sp³-hybridized carbons (Fsp3) is 0.250. The molecule has 1 aliphatic rings. The third-order valence-electron chi connectivity index (χ3n) is 0.837. The minimum absolute atomic E-state index is 0.231.